The molecule has 0 heterocycles. The summed E-state index contributed by atoms with van der Waals surface area (Å²) in [5.41, 5.74) is 5.27. The van der Waals surface area contributed by atoms with Crippen LogP contribution in [0, 0.1) is 5.41 Å². The summed E-state index contributed by atoms with van der Waals surface area (Å²) in [5, 5.41) is -0.822. The fraction of sp³-hybridized carbons (Fsp3) is 0.900. The van der Waals surface area contributed by atoms with E-state index in [1.54, 1.807) is 7.05 Å². The van der Waals surface area contributed by atoms with Crippen LogP contribution >= 0.6 is 12.2 Å². The molecule has 4 nitrogen and oxygen atoms in total. The van der Waals surface area contributed by atoms with Gasteiger partial charge in [-0.3, -0.25) is 0 Å². The standard InChI is InChI=1S/C10H22N2O2S2/c1-7(9(11)15)16(13,14)12(6)8(2)10(3,4)5/h7-8H,1-6H3,(H2,11,15). The van der Waals surface area contributed by atoms with Gasteiger partial charge < -0.3 is 5.73 Å². The lowest BCUT2D eigenvalue weighted by Crippen LogP contribution is -2.48. The average molecular weight is 266 g/mol. The smallest absolute Gasteiger partial charge is 0.223 e. The Morgan fingerprint density at radius 1 is 1.31 bits per heavy atom. The largest absolute Gasteiger partial charge is 0.392 e. The van der Waals surface area contributed by atoms with Crippen molar-refractivity contribution in [2.75, 3.05) is 7.05 Å². The SMILES string of the molecule is CC(N(C)S(=O)(=O)C(C)C(N)=S)C(C)(C)C. The summed E-state index contributed by atoms with van der Waals surface area (Å²) in [6, 6.07) is -0.116. The number of hydrogen-bond donors (Lipinski definition) is 1. The van der Waals surface area contributed by atoms with E-state index in [1.807, 2.05) is 27.7 Å². The van der Waals surface area contributed by atoms with Crippen molar-refractivity contribution in [1.82, 2.24) is 4.31 Å². The van der Waals surface area contributed by atoms with Crippen LogP contribution in [0.5, 0.6) is 0 Å². The lowest BCUT2D eigenvalue weighted by Gasteiger charge is -2.35. The molecule has 0 rings (SSSR count). The van der Waals surface area contributed by atoms with Crippen molar-refractivity contribution < 1.29 is 8.42 Å². The Balaban J connectivity index is 5.14. The minimum absolute atomic E-state index is 0.00737. The molecule has 0 aromatic carbocycles. The molecule has 0 aromatic heterocycles. The van der Waals surface area contributed by atoms with Gasteiger partial charge in [-0.25, -0.2) is 12.7 Å². The molecule has 0 spiro atoms. The Labute approximate surface area is 104 Å². The highest BCUT2D eigenvalue weighted by Crippen LogP contribution is 2.26. The molecule has 16 heavy (non-hydrogen) atoms. The Morgan fingerprint density at radius 3 is 1.94 bits per heavy atom. The van der Waals surface area contributed by atoms with Crippen LogP contribution in [0.3, 0.4) is 0 Å². The zero-order chi connectivity index (χ0) is 13.3. The normalized spacial score (nSPS) is 17.2. The fourth-order valence-corrected chi connectivity index (χ4v) is 3.08. The zero-order valence-electron chi connectivity index (χ0n) is 10.8. The van der Waals surface area contributed by atoms with Crippen LogP contribution in [0.2, 0.25) is 0 Å². The highest BCUT2D eigenvalue weighted by Gasteiger charge is 2.35. The van der Waals surface area contributed by atoms with Crippen molar-refractivity contribution in [2.24, 2.45) is 11.1 Å². The second-order valence-electron chi connectivity index (χ2n) is 5.15. The molecule has 0 saturated carbocycles. The highest BCUT2D eigenvalue weighted by molar-refractivity contribution is 7.92. The molecular formula is C10H22N2O2S2. The first kappa shape index (κ1) is 15.8. The van der Waals surface area contributed by atoms with Crippen LogP contribution < -0.4 is 5.73 Å². The van der Waals surface area contributed by atoms with Crippen molar-refractivity contribution in [3.63, 3.8) is 0 Å². The zero-order valence-corrected chi connectivity index (χ0v) is 12.4. The molecule has 0 aliphatic rings. The van der Waals surface area contributed by atoms with E-state index in [2.05, 4.69) is 0 Å². The van der Waals surface area contributed by atoms with Crippen molar-refractivity contribution in [2.45, 2.75) is 45.9 Å². The molecule has 0 aliphatic heterocycles. The number of nitrogens with two attached hydrogens (primary N) is 1. The molecule has 0 amide bonds. The third kappa shape index (κ3) is 3.40. The average Bonchev–Trinajstić information content (AvgIpc) is 2.12. The van der Waals surface area contributed by atoms with Gasteiger partial charge in [-0.2, -0.15) is 0 Å². The van der Waals surface area contributed by atoms with Crippen LogP contribution in [0.25, 0.3) is 0 Å². The first-order valence-electron chi connectivity index (χ1n) is 5.18. The monoisotopic (exact) mass is 266 g/mol. The second-order valence-corrected chi connectivity index (χ2v) is 7.93. The summed E-state index contributed by atoms with van der Waals surface area (Å²) < 4.78 is 25.6. The van der Waals surface area contributed by atoms with Crippen LogP contribution in [0.1, 0.15) is 34.6 Å². The predicted octanol–water partition coefficient (Wildman–Crippen LogP) is 1.36. The fourth-order valence-electron chi connectivity index (χ4n) is 1.16. The van der Waals surface area contributed by atoms with E-state index in [-0.39, 0.29) is 16.4 Å². The number of sulfonamides is 1. The summed E-state index contributed by atoms with van der Waals surface area (Å²) in [6.07, 6.45) is 0. The van der Waals surface area contributed by atoms with Crippen molar-refractivity contribution in [3.05, 3.63) is 0 Å². The van der Waals surface area contributed by atoms with Gasteiger partial charge in [0.25, 0.3) is 0 Å². The van der Waals surface area contributed by atoms with Crippen LogP contribution in [0.15, 0.2) is 0 Å². The van der Waals surface area contributed by atoms with Crippen molar-refractivity contribution >= 4 is 27.2 Å². The van der Waals surface area contributed by atoms with Gasteiger partial charge in [0.2, 0.25) is 10.0 Å². The quantitative estimate of drug-likeness (QED) is 0.780. The molecule has 0 radical (unpaired) electrons. The van der Waals surface area contributed by atoms with Gasteiger partial charge in [0.1, 0.15) is 5.25 Å². The van der Waals surface area contributed by atoms with Gasteiger partial charge in [0.05, 0.1) is 4.99 Å². The van der Waals surface area contributed by atoms with Gasteiger partial charge in [-0.15, -0.1) is 0 Å². The van der Waals surface area contributed by atoms with E-state index in [0.29, 0.717) is 0 Å². The molecule has 6 heteroatoms. The Morgan fingerprint density at radius 2 is 1.69 bits per heavy atom. The van der Waals surface area contributed by atoms with Crippen LogP contribution in [-0.2, 0) is 10.0 Å². The lowest BCUT2D eigenvalue weighted by atomic mass is 9.88. The van der Waals surface area contributed by atoms with E-state index >= 15 is 0 Å². The number of rotatable bonds is 4. The molecule has 2 atom stereocenters. The Hall–Kier alpha value is -0.200. The van der Waals surface area contributed by atoms with E-state index in [0.717, 1.165) is 0 Å². The van der Waals surface area contributed by atoms with Gasteiger partial charge >= 0.3 is 0 Å². The van der Waals surface area contributed by atoms with E-state index in [4.69, 9.17) is 18.0 Å². The van der Waals surface area contributed by atoms with Crippen molar-refractivity contribution in [1.29, 1.82) is 0 Å². The minimum atomic E-state index is -3.45. The molecule has 0 fully saturated rings. The lowest BCUT2D eigenvalue weighted by molar-refractivity contribution is 0.216. The third-order valence-electron chi connectivity index (χ3n) is 3.05. The Bertz CT molecular complexity index is 358. The van der Waals surface area contributed by atoms with E-state index < -0.39 is 15.3 Å². The minimum Gasteiger partial charge on any atom is -0.392 e. The maximum atomic E-state index is 12.1. The first-order chi connectivity index (χ1) is 6.92. The predicted molar refractivity (Wildman–Crippen MR) is 71.8 cm³/mol. The van der Waals surface area contributed by atoms with Crippen molar-refractivity contribution in [3.8, 4) is 0 Å². The summed E-state index contributed by atoms with van der Waals surface area (Å²) in [5.74, 6) is 0. The topological polar surface area (TPSA) is 63.4 Å². The molecular weight excluding hydrogens is 244 g/mol. The van der Waals surface area contributed by atoms with Crippen LogP contribution in [0.4, 0.5) is 0 Å². The molecule has 0 saturated heterocycles. The van der Waals surface area contributed by atoms with Crippen LogP contribution in [-0.4, -0.2) is 36.1 Å². The number of hydrogen-bond acceptors (Lipinski definition) is 3. The third-order valence-corrected chi connectivity index (χ3v) is 5.82. The highest BCUT2D eigenvalue weighted by atomic mass is 32.2. The van der Waals surface area contributed by atoms with E-state index in [9.17, 15) is 8.42 Å². The molecule has 2 unspecified atom stereocenters. The van der Waals surface area contributed by atoms with Gasteiger partial charge in [-0.1, -0.05) is 33.0 Å². The summed E-state index contributed by atoms with van der Waals surface area (Å²) >= 11 is 4.74. The van der Waals surface area contributed by atoms with Gasteiger partial charge in [0.15, 0.2) is 0 Å². The second kappa shape index (κ2) is 4.98. The molecule has 96 valence electrons. The number of nitrogens with zero attached hydrogens (tertiary/aromatic N) is 1. The molecule has 0 aliphatic carbocycles. The molecule has 2 N–H and O–H groups in total. The van der Waals surface area contributed by atoms with E-state index in [1.165, 1.54) is 11.2 Å². The summed E-state index contributed by atoms with van der Waals surface area (Å²) in [7, 11) is -1.88. The molecule has 0 aromatic rings. The van der Waals surface area contributed by atoms with Gasteiger partial charge in [0, 0.05) is 13.1 Å². The maximum absolute atomic E-state index is 12.1. The summed E-state index contributed by atoms with van der Waals surface area (Å²) in [4.78, 5) is 0.00737. The first-order valence-corrected chi connectivity index (χ1v) is 7.09. The Kier molecular flexibility index (Phi) is 4.91. The maximum Gasteiger partial charge on any atom is 0.223 e. The summed E-state index contributed by atoms with van der Waals surface area (Å²) in [6.45, 7) is 9.38. The molecule has 0 bridgehead atoms. The van der Waals surface area contributed by atoms with Gasteiger partial charge in [-0.05, 0) is 19.3 Å². The number of thiocarbonyl (C=S) groups is 1.